The highest BCUT2D eigenvalue weighted by atomic mass is 19.1. The van der Waals surface area contributed by atoms with Crippen LogP contribution in [0.5, 0.6) is 5.75 Å². The van der Waals surface area contributed by atoms with Crippen molar-refractivity contribution in [2.75, 3.05) is 0 Å². The van der Waals surface area contributed by atoms with Gasteiger partial charge < -0.3 is 10.8 Å². The molecule has 6 heteroatoms. The Kier molecular flexibility index (Phi) is 4.04. The van der Waals surface area contributed by atoms with E-state index in [1.54, 1.807) is 19.9 Å². The molecule has 3 aromatic rings. The van der Waals surface area contributed by atoms with E-state index in [9.17, 15) is 19.1 Å². The Morgan fingerprint density at radius 3 is 2.56 bits per heavy atom. The quantitative estimate of drug-likeness (QED) is 0.768. The fraction of sp³-hybridized carbons (Fsp3) is 0.158. The number of nitrogens with two attached hydrogens (primary N) is 1. The number of carbonyl (C=O) groups excluding carboxylic acids is 2. The van der Waals surface area contributed by atoms with E-state index in [2.05, 4.69) is 0 Å². The zero-order chi connectivity index (χ0) is 18.3. The molecule has 25 heavy (non-hydrogen) atoms. The van der Waals surface area contributed by atoms with Gasteiger partial charge in [0.25, 0.3) is 5.91 Å². The SMILES string of the molecule is Cc1c([C@@H](C)C(N)=O)c2cc(O)ccc2n1C(=O)c1cccc(F)c1. The fourth-order valence-corrected chi connectivity index (χ4v) is 3.13. The van der Waals surface area contributed by atoms with Gasteiger partial charge in [-0.1, -0.05) is 6.07 Å². The Labute approximate surface area is 143 Å². The second-order valence-corrected chi connectivity index (χ2v) is 5.98. The molecule has 1 atom stereocenters. The minimum atomic E-state index is -0.647. The van der Waals surface area contributed by atoms with Gasteiger partial charge in [0.1, 0.15) is 11.6 Å². The number of hydrogen-bond donors (Lipinski definition) is 2. The molecule has 0 aliphatic carbocycles. The van der Waals surface area contributed by atoms with Crippen molar-refractivity contribution in [2.24, 2.45) is 5.73 Å². The zero-order valence-electron chi connectivity index (χ0n) is 13.8. The fourth-order valence-electron chi connectivity index (χ4n) is 3.13. The summed E-state index contributed by atoms with van der Waals surface area (Å²) in [5, 5.41) is 10.4. The number of carbonyl (C=O) groups is 2. The van der Waals surface area contributed by atoms with Crippen molar-refractivity contribution in [1.29, 1.82) is 0 Å². The molecule has 1 heterocycles. The van der Waals surface area contributed by atoms with Gasteiger partial charge in [0, 0.05) is 16.6 Å². The van der Waals surface area contributed by atoms with Crippen molar-refractivity contribution in [3.63, 3.8) is 0 Å². The highest BCUT2D eigenvalue weighted by Gasteiger charge is 2.25. The van der Waals surface area contributed by atoms with Crippen molar-refractivity contribution < 1.29 is 19.1 Å². The molecular formula is C19H17FN2O3. The standard InChI is InChI=1S/C19H17FN2O3/c1-10(18(21)24)17-11(2)22(16-7-6-14(23)9-15(16)17)19(25)12-4-3-5-13(20)8-12/h3-10,23H,1-2H3,(H2,21,24)/t10-/m1/s1. The van der Waals surface area contributed by atoms with Crippen molar-refractivity contribution in [3.05, 3.63) is 65.1 Å². The number of aromatic hydroxyl groups is 1. The summed E-state index contributed by atoms with van der Waals surface area (Å²) in [4.78, 5) is 24.6. The van der Waals surface area contributed by atoms with E-state index in [4.69, 9.17) is 5.73 Å². The number of fused-ring (bicyclic) bond motifs is 1. The summed E-state index contributed by atoms with van der Waals surface area (Å²) in [5.41, 5.74) is 7.25. The van der Waals surface area contributed by atoms with Crippen molar-refractivity contribution in [1.82, 2.24) is 4.57 Å². The number of amides is 1. The molecule has 0 bridgehead atoms. The molecule has 3 N–H and O–H groups in total. The molecule has 0 saturated heterocycles. The lowest BCUT2D eigenvalue weighted by atomic mass is 9.97. The van der Waals surface area contributed by atoms with E-state index < -0.39 is 23.5 Å². The molecule has 0 aliphatic heterocycles. The van der Waals surface area contributed by atoms with Gasteiger partial charge >= 0.3 is 0 Å². The van der Waals surface area contributed by atoms with Gasteiger partial charge in [-0.3, -0.25) is 14.2 Å². The number of primary amides is 1. The van der Waals surface area contributed by atoms with Gasteiger partial charge in [-0.25, -0.2) is 4.39 Å². The van der Waals surface area contributed by atoms with Crippen molar-refractivity contribution in [3.8, 4) is 5.75 Å². The third-order valence-electron chi connectivity index (χ3n) is 4.37. The van der Waals surface area contributed by atoms with Gasteiger partial charge in [-0.05, 0) is 55.8 Å². The Balaban J connectivity index is 2.30. The van der Waals surface area contributed by atoms with Crippen LogP contribution in [-0.2, 0) is 4.79 Å². The first-order chi connectivity index (χ1) is 11.8. The third-order valence-corrected chi connectivity index (χ3v) is 4.37. The van der Waals surface area contributed by atoms with Gasteiger partial charge in [0.05, 0.1) is 11.4 Å². The lowest BCUT2D eigenvalue weighted by Crippen LogP contribution is -2.20. The van der Waals surface area contributed by atoms with E-state index >= 15 is 0 Å². The molecular weight excluding hydrogens is 323 g/mol. The normalized spacial score (nSPS) is 12.3. The summed E-state index contributed by atoms with van der Waals surface area (Å²) in [6.45, 7) is 3.34. The van der Waals surface area contributed by atoms with Crippen LogP contribution < -0.4 is 5.73 Å². The number of phenols is 1. The maximum atomic E-state index is 13.5. The molecule has 0 radical (unpaired) electrons. The molecule has 0 aliphatic rings. The minimum Gasteiger partial charge on any atom is -0.508 e. The Bertz CT molecular complexity index is 1010. The van der Waals surface area contributed by atoms with E-state index in [0.717, 1.165) is 6.07 Å². The van der Waals surface area contributed by atoms with E-state index in [1.165, 1.54) is 34.9 Å². The number of aromatic nitrogens is 1. The van der Waals surface area contributed by atoms with Crippen LogP contribution in [0.3, 0.4) is 0 Å². The number of nitrogens with zero attached hydrogens (tertiary/aromatic N) is 1. The first kappa shape index (κ1) is 16.7. The van der Waals surface area contributed by atoms with Crippen LogP contribution in [0, 0.1) is 12.7 Å². The Morgan fingerprint density at radius 2 is 1.92 bits per heavy atom. The number of rotatable bonds is 3. The van der Waals surface area contributed by atoms with Crippen molar-refractivity contribution in [2.45, 2.75) is 19.8 Å². The first-order valence-corrected chi connectivity index (χ1v) is 7.74. The summed E-state index contributed by atoms with van der Waals surface area (Å²) in [6.07, 6.45) is 0. The second kappa shape index (κ2) is 6.05. The van der Waals surface area contributed by atoms with Crippen LogP contribution >= 0.6 is 0 Å². The molecule has 2 aromatic carbocycles. The number of hydrogen-bond acceptors (Lipinski definition) is 3. The molecule has 1 amide bonds. The Morgan fingerprint density at radius 1 is 1.20 bits per heavy atom. The van der Waals surface area contributed by atoms with Gasteiger partial charge in [-0.15, -0.1) is 0 Å². The van der Waals surface area contributed by atoms with Gasteiger partial charge in [-0.2, -0.15) is 0 Å². The minimum absolute atomic E-state index is 0.0146. The summed E-state index contributed by atoms with van der Waals surface area (Å²) >= 11 is 0. The van der Waals surface area contributed by atoms with E-state index in [-0.39, 0.29) is 11.3 Å². The topological polar surface area (TPSA) is 85.3 Å². The molecule has 1 aromatic heterocycles. The number of benzene rings is 2. The summed E-state index contributed by atoms with van der Waals surface area (Å²) in [7, 11) is 0. The number of phenolic OH excluding ortho intramolecular Hbond substituents is 1. The van der Waals surface area contributed by atoms with E-state index in [1.807, 2.05) is 0 Å². The second-order valence-electron chi connectivity index (χ2n) is 5.98. The third kappa shape index (κ3) is 2.76. The first-order valence-electron chi connectivity index (χ1n) is 7.74. The van der Waals surface area contributed by atoms with Gasteiger partial charge in [0.2, 0.25) is 5.91 Å². The summed E-state index contributed by atoms with van der Waals surface area (Å²) in [6, 6.07) is 9.94. The lowest BCUT2D eigenvalue weighted by molar-refractivity contribution is -0.119. The van der Waals surface area contributed by atoms with Crippen LogP contribution in [0.1, 0.15) is 34.5 Å². The smallest absolute Gasteiger partial charge is 0.262 e. The largest absolute Gasteiger partial charge is 0.508 e. The Hall–Kier alpha value is -3.15. The van der Waals surface area contributed by atoms with Crippen LogP contribution in [0.2, 0.25) is 0 Å². The molecule has 0 fully saturated rings. The van der Waals surface area contributed by atoms with Crippen LogP contribution in [0.25, 0.3) is 10.9 Å². The summed E-state index contributed by atoms with van der Waals surface area (Å²) in [5.74, 6) is -2.10. The predicted molar refractivity (Wildman–Crippen MR) is 92.1 cm³/mol. The molecule has 0 saturated carbocycles. The average Bonchev–Trinajstić information content (AvgIpc) is 2.84. The molecule has 3 rings (SSSR count). The van der Waals surface area contributed by atoms with E-state index in [0.29, 0.717) is 22.2 Å². The van der Waals surface area contributed by atoms with Crippen LogP contribution in [0.4, 0.5) is 4.39 Å². The highest BCUT2D eigenvalue weighted by Crippen LogP contribution is 2.34. The molecule has 0 unspecified atom stereocenters. The van der Waals surface area contributed by atoms with Gasteiger partial charge in [0.15, 0.2) is 0 Å². The van der Waals surface area contributed by atoms with Crippen LogP contribution in [-0.4, -0.2) is 21.5 Å². The highest BCUT2D eigenvalue weighted by molar-refractivity contribution is 6.05. The van der Waals surface area contributed by atoms with Crippen LogP contribution in [0.15, 0.2) is 42.5 Å². The maximum absolute atomic E-state index is 13.5. The lowest BCUT2D eigenvalue weighted by Gasteiger charge is -2.10. The summed E-state index contributed by atoms with van der Waals surface area (Å²) < 4.78 is 14.9. The maximum Gasteiger partial charge on any atom is 0.262 e. The predicted octanol–water partition coefficient (Wildman–Crippen LogP) is 3.07. The molecule has 5 nitrogen and oxygen atoms in total. The number of halogens is 1. The van der Waals surface area contributed by atoms with Crippen molar-refractivity contribution >= 4 is 22.7 Å². The monoisotopic (exact) mass is 340 g/mol. The molecule has 0 spiro atoms. The molecule has 128 valence electrons. The zero-order valence-corrected chi connectivity index (χ0v) is 13.8. The average molecular weight is 340 g/mol.